The third kappa shape index (κ3) is 4.80. The molecule has 180 valence electrons. The van der Waals surface area contributed by atoms with Crippen LogP contribution in [0.1, 0.15) is 42.3 Å². The second-order valence-corrected chi connectivity index (χ2v) is 10.0. The van der Waals surface area contributed by atoms with E-state index in [0.29, 0.717) is 5.56 Å². The highest BCUT2D eigenvalue weighted by Gasteiger charge is 2.17. The highest BCUT2D eigenvalue weighted by molar-refractivity contribution is 6.04. The Morgan fingerprint density at radius 1 is 0.833 bits per heavy atom. The number of carbonyl (C=O) groups is 1. The Balaban J connectivity index is 1.46. The molecule has 0 atom stereocenters. The molecule has 0 unspecified atom stereocenters. The third-order valence-corrected chi connectivity index (χ3v) is 6.47. The SMILES string of the molecule is COc1ccc2cc(-c3cc(C(=O)OCc4ccc(C(C)(C)C)cc4)c4ccccc4n3)ccc2c1. The summed E-state index contributed by atoms with van der Waals surface area (Å²) in [5.41, 5.74) is 5.22. The van der Waals surface area contributed by atoms with Crippen LogP contribution in [0.4, 0.5) is 0 Å². The van der Waals surface area contributed by atoms with Gasteiger partial charge in [0.1, 0.15) is 12.4 Å². The minimum Gasteiger partial charge on any atom is -0.497 e. The van der Waals surface area contributed by atoms with Gasteiger partial charge in [0.25, 0.3) is 0 Å². The maximum atomic E-state index is 13.3. The molecule has 4 heteroatoms. The summed E-state index contributed by atoms with van der Waals surface area (Å²) >= 11 is 0. The fourth-order valence-electron chi connectivity index (χ4n) is 4.33. The van der Waals surface area contributed by atoms with E-state index in [1.807, 2.05) is 72.8 Å². The molecule has 0 bridgehead atoms. The van der Waals surface area contributed by atoms with Crippen LogP contribution in [-0.2, 0) is 16.8 Å². The van der Waals surface area contributed by atoms with Gasteiger partial charge in [-0.1, -0.05) is 81.4 Å². The van der Waals surface area contributed by atoms with Gasteiger partial charge in [0.2, 0.25) is 0 Å². The van der Waals surface area contributed by atoms with Crippen molar-refractivity contribution < 1.29 is 14.3 Å². The molecule has 0 spiro atoms. The number of aromatic nitrogens is 1. The zero-order chi connectivity index (χ0) is 25.3. The van der Waals surface area contributed by atoms with Gasteiger partial charge in [-0.2, -0.15) is 0 Å². The van der Waals surface area contributed by atoms with Crippen LogP contribution in [-0.4, -0.2) is 18.1 Å². The van der Waals surface area contributed by atoms with Crippen LogP contribution in [0.15, 0.2) is 91.0 Å². The van der Waals surface area contributed by atoms with Crippen LogP contribution in [0.3, 0.4) is 0 Å². The first kappa shape index (κ1) is 23.6. The Morgan fingerprint density at radius 2 is 1.56 bits per heavy atom. The van der Waals surface area contributed by atoms with E-state index >= 15 is 0 Å². The number of benzene rings is 4. The number of fused-ring (bicyclic) bond motifs is 2. The van der Waals surface area contributed by atoms with Crippen molar-refractivity contribution >= 4 is 27.6 Å². The van der Waals surface area contributed by atoms with Crippen molar-refractivity contribution in [2.24, 2.45) is 0 Å². The minimum atomic E-state index is -0.361. The molecule has 4 aromatic carbocycles. The summed E-state index contributed by atoms with van der Waals surface area (Å²) in [6.45, 7) is 6.76. The molecule has 0 aliphatic rings. The lowest BCUT2D eigenvalue weighted by molar-refractivity contribution is 0.0475. The van der Waals surface area contributed by atoms with Gasteiger partial charge in [0.15, 0.2) is 0 Å². The van der Waals surface area contributed by atoms with Gasteiger partial charge in [-0.3, -0.25) is 0 Å². The van der Waals surface area contributed by atoms with Crippen LogP contribution in [0.2, 0.25) is 0 Å². The Labute approximate surface area is 211 Å². The highest BCUT2D eigenvalue weighted by atomic mass is 16.5. The van der Waals surface area contributed by atoms with E-state index in [0.717, 1.165) is 44.2 Å². The van der Waals surface area contributed by atoms with Crippen LogP contribution in [0, 0.1) is 0 Å². The molecule has 36 heavy (non-hydrogen) atoms. The lowest BCUT2D eigenvalue weighted by Gasteiger charge is -2.19. The molecule has 0 radical (unpaired) electrons. The molecule has 0 saturated carbocycles. The van der Waals surface area contributed by atoms with E-state index in [4.69, 9.17) is 14.5 Å². The van der Waals surface area contributed by atoms with Crippen LogP contribution < -0.4 is 4.74 Å². The number of hydrogen-bond donors (Lipinski definition) is 0. The first-order chi connectivity index (χ1) is 17.3. The van der Waals surface area contributed by atoms with E-state index < -0.39 is 0 Å². The van der Waals surface area contributed by atoms with Crippen molar-refractivity contribution in [1.82, 2.24) is 4.98 Å². The molecule has 0 aliphatic heterocycles. The number of hydrogen-bond acceptors (Lipinski definition) is 4. The number of esters is 1. The van der Waals surface area contributed by atoms with Crippen molar-refractivity contribution in [2.45, 2.75) is 32.8 Å². The van der Waals surface area contributed by atoms with Gasteiger partial charge < -0.3 is 9.47 Å². The summed E-state index contributed by atoms with van der Waals surface area (Å²) < 4.78 is 11.1. The van der Waals surface area contributed by atoms with Crippen LogP contribution >= 0.6 is 0 Å². The normalized spacial score (nSPS) is 11.6. The first-order valence-electron chi connectivity index (χ1n) is 12.1. The maximum Gasteiger partial charge on any atom is 0.339 e. The molecule has 0 amide bonds. The van der Waals surface area contributed by atoms with Gasteiger partial charge in [-0.25, -0.2) is 9.78 Å². The largest absolute Gasteiger partial charge is 0.497 e. The smallest absolute Gasteiger partial charge is 0.339 e. The number of ether oxygens (including phenoxy) is 2. The highest BCUT2D eigenvalue weighted by Crippen LogP contribution is 2.30. The molecule has 5 rings (SSSR count). The van der Waals surface area contributed by atoms with Gasteiger partial charge >= 0.3 is 5.97 Å². The lowest BCUT2D eigenvalue weighted by Crippen LogP contribution is -2.11. The van der Waals surface area contributed by atoms with Crippen molar-refractivity contribution in [3.8, 4) is 17.0 Å². The quantitative estimate of drug-likeness (QED) is 0.244. The van der Waals surface area contributed by atoms with E-state index in [1.54, 1.807) is 7.11 Å². The maximum absolute atomic E-state index is 13.3. The molecule has 0 aliphatic carbocycles. The number of rotatable bonds is 5. The molecule has 0 N–H and O–H groups in total. The summed E-state index contributed by atoms with van der Waals surface area (Å²) in [7, 11) is 1.66. The summed E-state index contributed by atoms with van der Waals surface area (Å²) in [5.74, 6) is 0.456. The third-order valence-electron chi connectivity index (χ3n) is 6.47. The van der Waals surface area contributed by atoms with Crippen LogP contribution in [0.25, 0.3) is 32.9 Å². The number of para-hydroxylation sites is 1. The summed E-state index contributed by atoms with van der Waals surface area (Å²) in [6, 6.07) is 29.9. The van der Waals surface area contributed by atoms with Gasteiger partial charge in [-0.15, -0.1) is 0 Å². The van der Waals surface area contributed by atoms with Crippen molar-refractivity contribution in [3.05, 3.63) is 108 Å². The fraction of sp³-hybridized carbons (Fsp3) is 0.188. The minimum absolute atomic E-state index is 0.0798. The number of pyridine rings is 1. The lowest BCUT2D eigenvalue weighted by atomic mass is 9.87. The zero-order valence-electron chi connectivity index (χ0n) is 21.0. The molecule has 4 nitrogen and oxygen atoms in total. The molecule has 1 aromatic heterocycles. The molecule has 0 saturated heterocycles. The summed E-state index contributed by atoms with van der Waals surface area (Å²) in [4.78, 5) is 18.1. The Morgan fingerprint density at radius 3 is 2.31 bits per heavy atom. The Kier molecular flexibility index (Phi) is 6.19. The van der Waals surface area contributed by atoms with E-state index in [-0.39, 0.29) is 18.0 Å². The summed E-state index contributed by atoms with van der Waals surface area (Å²) in [5, 5.41) is 2.93. The average molecular weight is 476 g/mol. The Hall–Kier alpha value is -4.18. The number of carbonyl (C=O) groups excluding carboxylic acids is 1. The molecule has 1 heterocycles. The van der Waals surface area contributed by atoms with Gasteiger partial charge in [0, 0.05) is 10.9 Å². The van der Waals surface area contributed by atoms with Crippen molar-refractivity contribution in [3.63, 3.8) is 0 Å². The zero-order valence-corrected chi connectivity index (χ0v) is 21.0. The molecular weight excluding hydrogens is 446 g/mol. The predicted octanol–water partition coefficient (Wildman–Crippen LogP) is 7.72. The van der Waals surface area contributed by atoms with E-state index in [9.17, 15) is 4.79 Å². The summed E-state index contributed by atoms with van der Waals surface area (Å²) in [6.07, 6.45) is 0. The first-order valence-corrected chi connectivity index (χ1v) is 12.1. The molecule has 0 fully saturated rings. The Bertz CT molecular complexity index is 1560. The molecule has 5 aromatic rings. The average Bonchev–Trinajstić information content (AvgIpc) is 2.90. The van der Waals surface area contributed by atoms with E-state index in [1.165, 1.54) is 5.56 Å². The monoisotopic (exact) mass is 475 g/mol. The van der Waals surface area contributed by atoms with Gasteiger partial charge in [-0.05, 0) is 57.6 Å². The molecular formula is C32H29NO3. The van der Waals surface area contributed by atoms with Crippen molar-refractivity contribution in [2.75, 3.05) is 7.11 Å². The number of nitrogens with zero attached hydrogens (tertiary/aromatic N) is 1. The van der Waals surface area contributed by atoms with Crippen LogP contribution in [0.5, 0.6) is 5.75 Å². The van der Waals surface area contributed by atoms with Crippen molar-refractivity contribution in [1.29, 1.82) is 0 Å². The predicted molar refractivity (Wildman–Crippen MR) is 145 cm³/mol. The second-order valence-electron chi connectivity index (χ2n) is 10.0. The fourth-order valence-corrected chi connectivity index (χ4v) is 4.33. The van der Waals surface area contributed by atoms with E-state index in [2.05, 4.69) is 39.0 Å². The topological polar surface area (TPSA) is 48.4 Å². The van der Waals surface area contributed by atoms with Gasteiger partial charge in [0.05, 0.1) is 23.9 Å². The standard InChI is InChI=1S/C32H29NO3/c1-32(2,3)25-14-9-21(10-15-25)20-36-31(34)28-19-30(33-29-8-6-5-7-27(28)29)24-12-11-23-18-26(35-4)16-13-22(23)17-24/h5-19H,20H2,1-4H3. The second kappa shape index (κ2) is 9.46. The number of methoxy groups -OCH3 is 1.